The fourth-order valence-corrected chi connectivity index (χ4v) is 4.84. The maximum absolute atomic E-state index is 13.3. The van der Waals surface area contributed by atoms with Crippen LogP contribution in [0.4, 0.5) is 5.82 Å². The Labute approximate surface area is 198 Å². The van der Waals surface area contributed by atoms with Gasteiger partial charge in [0.25, 0.3) is 5.91 Å². The molecule has 7 nitrogen and oxygen atoms in total. The number of carbonyl (C=O) groups is 2. The monoisotopic (exact) mass is 455 g/mol. The van der Waals surface area contributed by atoms with Crippen molar-refractivity contribution in [3.8, 4) is 0 Å². The van der Waals surface area contributed by atoms with Gasteiger partial charge >= 0.3 is 0 Å². The molecule has 0 saturated heterocycles. The molecule has 1 saturated carbocycles. The van der Waals surface area contributed by atoms with Gasteiger partial charge in [-0.1, -0.05) is 32.6 Å². The molecule has 2 aromatic rings. The van der Waals surface area contributed by atoms with Crippen molar-refractivity contribution in [1.82, 2.24) is 19.2 Å². The summed E-state index contributed by atoms with van der Waals surface area (Å²) in [4.78, 5) is 37.1. The summed E-state index contributed by atoms with van der Waals surface area (Å²) in [6.07, 6.45) is 9.23. The maximum atomic E-state index is 13.3. The van der Waals surface area contributed by atoms with Gasteiger partial charge in [0.2, 0.25) is 5.91 Å². The summed E-state index contributed by atoms with van der Waals surface area (Å²) in [6.45, 7) is 8.82. The number of anilines is 1. The van der Waals surface area contributed by atoms with Crippen LogP contribution in [0.5, 0.6) is 0 Å². The average molecular weight is 456 g/mol. The highest BCUT2D eigenvalue weighted by atomic mass is 16.2. The summed E-state index contributed by atoms with van der Waals surface area (Å²) in [5.74, 6) is 1.66. The van der Waals surface area contributed by atoms with Gasteiger partial charge in [0, 0.05) is 38.8 Å². The molecule has 0 aromatic carbocycles. The molecule has 1 fully saturated rings. The highest BCUT2D eigenvalue weighted by Crippen LogP contribution is 2.30. The van der Waals surface area contributed by atoms with E-state index in [1.54, 1.807) is 0 Å². The summed E-state index contributed by atoms with van der Waals surface area (Å²) in [5.41, 5.74) is 2.30. The third kappa shape index (κ3) is 5.94. The molecule has 1 aliphatic carbocycles. The van der Waals surface area contributed by atoms with Crippen LogP contribution in [0, 0.1) is 5.92 Å². The Morgan fingerprint density at radius 3 is 2.39 bits per heavy atom. The minimum atomic E-state index is 0.00885. The van der Waals surface area contributed by atoms with Crippen LogP contribution in [0.2, 0.25) is 0 Å². The van der Waals surface area contributed by atoms with Gasteiger partial charge in [0.15, 0.2) is 0 Å². The van der Waals surface area contributed by atoms with Gasteiger partial charge in [-0.05, 0) is 58.8 Å². The highest BCUT2D eigenvalue weighted by molar-refractivity contribution is 5.96. The first-order valence-corrected chi connectivity index (χ1v) is 12.6. The number of amides is 2. The topological polar surface area (TPSA) is 61.2 Å². The first-order chi connectivity index (χ1) is 15.9. The molecule has 7 heteroatoms. The number of aromatic nitrogens is 2. The van der Waals surface area contributed by atoms with Gasteiger partial charge in [-0.15, -0.1) is 0 Å². The van der Waals surface area contributed by atoms with E-state index >= 15 is 0 Å². The van der Waals surface area contributed by atoms with Gasteiger partial charge in [0.1, 0.15) is 11.5 Å². The van der Waals surface area contributed by atoms with Crippen LogP contribution in [0.1, 0.15) is 75.3 Å². The molecule has 0 N–H and O–H groups in total. The molecular formula is C26H41N5O2. The number of fused-ring (bicyclic) bond motifs is 1. The Morgan fingerprint density at radius 1 is 1.06 bits per heavy atom. The number of carbonyl (C=O) groups excluding carboxylic acids is 2. The quantitative estimate of drug-likeness (QED) is 0.508. The van der Waals surface area contributed by atoms with E-state index in [2.05, 4.69) is 11.8 Å². The predicted molar refractivity (Wildman–Crippen MR) is 134 cm³/mol. The van der Waals surface area contributed by atoms with Crippen molar-refractivity contribution >= 4 is 23.3 Å². The Balaban J connectivity index is 1.89. The zero-order valence-corrected chi connectivity index (χ0v) is 21.1. The standard InChI is InChI=1S/C26H41N5O2/c1-6-22-25(30(8-3)24(32)16-13-20-11-9-10-12-20)31-19-21(14-15-23(31)27-22)26(33)29(7-2)18-17-28(4)5/h14-15,19-20H,6-13,16-18H2,1-5H3. The summed E-state index contributed by atoms with van der Waals surface area (Å²) in [6, 6.07) is 3.75. The molecule has 2 amide bonds. The van der Waals surface area contributed by atoms with Crippen molar-refractivity contribution in [3.05, 3.63) is 29.6 Å². The zero-order valence-electron chi connectivity index (χ0n) is 21.1. The van der Waals surface area contributed by atoms with E-state index in [1.807, 2.05) is 60.5 Å². The lowest BCUT2D eigenvalue weighted by molar-refractivity contribution is -0.118. The van der Waals surface area contributed by atoms with E-state index in [-0.39, 0.29) is 11.8 Å². The van der Waals surface area contributed by atoms with E-state index in [4.69, 9.17) is 4.98 Å². The molecule has 33 heavy (non-hydrogen) atoms. The molecular weight excluding hydrogens is 414 g/mol. The highest BCUT2D eigenvalue weighted by Gasteiger charge is 2.25. The Bertz CT molecular complexity index is 946. The fraction of sp³-hybridized carbons (Fsp3) is 0.654. The number of imidazole rings is 1. The van der Waals surface area contributed by atoms with Crippen molar-refractivity contribution in [2.24, 2.45) is 5.92 Å². The maximum Gasteiger partial charge on any atom is 0.255 e. The number of rotatable bonds is 11. The van der Waals surface area contributed by atoms with Gasteiger partial charge in [0.05, 0.1) is 11.3 Å². The predicted octanol–water partition coefficient (Wildman–Crippen LogP) is 4.24. The number of hydrogen-bond acceptors (Lipinski definition) is 4. The lowest BCUT2D eigenvalue weighted by Gasteiger charge is -2.24. The van der Waals surface area contributed by atoms with E-state index in [1.165, 1.54) is 25.7 Å². The Morgan fingerprint density at radius 2 is 1.79 bits per heavy atom. The van der Waals surface area contributed by atoms with Crippen LogP contribution in [-0.2, 0) is 11.2 Å². The summed E-state index contributed by atoms with van der Waals surface area (Å²) >= 11 is 0. The molecule has 0 bridgehead atoms. The number of likely N-dealkylation sites (N-methyl/N-ethyl adjacent to an activating group) is 2. The van der Waals surface area contributed by atoms with Crippen LogP contribution < -0.4 is 4.90 Å². The van der Waals surface area contributed by atoms with Crippen molar-refractivity contribution in [2.45, 2.75) is 65.7 Å². The lowest BCUT2D eigenvalue weighted by atomic mass is 10.0. The molecule has 2 heterocycles. The smallest absolute Gasteiger partial charge is 0.255 e. The van der Waals surface area contributed by atoms with Crippen molar-refractivity contribution in [1.29, 1.82) is 0 Å². The van der Waals surface area contributed by atoms with Crippen LogP contribution in [0.15, 0.2) is 18.3 Å². The fourth-order valence-electron chi connectivity index (χ4n) is 4.84. The SMILES string of the molecule is CCc1nc2ccc(C(=O)N(CC)CCN(C)C)cn2c1N(CC)C(=O)CCC1CCCC1. The van der Waals surface area contributed by atoms with Gasteiger partial charge < -0.3 is 9.80 Å². The second kappa shape index (κ2) is 11.6. The second-order valence-corrected chi connectivity index (χ2v) is 9.40. The average Bonchev–Trinajstić information content (AvgIpc) is 3.46. The number of aryl methyl sites for hydroxylation is 1. The molecule has 0 spiro atoms. The molecule has 1 aliphatic rings. The third-order valence-electron chi connectivity index (χ3n) is 6.84. The third-order valence-corrected chi connectivity index (χ3v) is 6.84. The molecule has 0 aliphatic heterocycles. The largest absolute Gasteiger partial charge is 0.338 e. The van der Waals surface area contributed by atoms with E-state index in [0.29, 0.717) is 37.5 Å². The summed E-state index contributed by atoms with van der Waals surface area (Å²) in [5, 5.41) is 0. The first-order valence-electron chi connectivity index (χ1n) is 12.6. The molecule has 3 rings (SSSR count). The number of hydrogen-bond donors (Lipinski definition) is 0. The van der Waals surface area contributed by atoms with E-state index < -0.39 is 0 Å². The normalized spacial score (nSPS) is 14.4. The molecule has 0 atom stereocenters. The summed E-state index contributed by atoms with van der Waals surface area (Å²) < 4.78 is 1.95. The van der Waals surface area contributed by atoms with E-state index in [0.717, 1.165) is 36.5 Å². The lowest BCUT2D eigenvalue weighted by Crippen LogP contribution is -2.36. The van der Waals surface area contributed by atoms with Crippen LogP contribution >= 0.6 is 0 Å². The molecule has 182 valence electrons. The number of pyridine rings is 1. The van der Waals surface area contributed by atoms with E-state index in [9.17, 15) is 9.59 Å². The molecule has 0 unspecified atom stereocenters. The second-order valence-electron chi connectivity index (χ2n) is 9.40. The van der Waals surface area contributed by atoms with Crippen molar-refractivity contribution in [3.63, 3.8) is 0 Å². The first kappa shape index (κ1) is 25.2. The molecule has 0 radical (unpaired) electrons. The van der Waals surface area contributed by atoms with Gasteiger partial charge in [-0.3, -0.25) is 18.9 Å². The minimum Gasteiger partial charge on any atom is -0.338 e. The zero-order chi connectivity index (χ0) is 24.0. The summed E-state index contributed by atoms with van der Waals surface area (Å²) in [7, 11) is 4.02. The molecule has 2 aromatic heterocycles. The van der Waals surface area contributed by atoms with Crippen molar-refractivity contribution in [2.75, 3.05) is 45.2 Å². The van der Waals surface area contributed by atoms with Crippen molar-refractivity contribution < 1.29 is 9.59 Å². The van der Waals surface area contributed by atoms with Gasteiger partial charge in [-0.2, -0.15) is 0 Å². The van der Waals surface area contributed by atoms with Crippen LogP contribution in [-0.4, -0.2) is 71.3 Å². The van der Waals surface area contributed by atoms with Crippen LogP contribution in [0.25, 0.3) is 5.65 Å². The number of nitrogens with zero attached hydrogens (tertiary/aromatic N) is 5. The van der Waals surface area contributed by atoms with Gasteiger partial charge in [-0.25, -0.2) is 4.98 Å². The Hall–Kier alpha value is -2.41. The minimum absolute atomic E-state index is 0.00885. The van der Waals surface area contributed by atoms with Crippen LogP contribution in [0.3, 0.4) is 0 Å². The Kier molecular flexibility index (Phi) is 8.89.